The van der Waals surface area contributed by atoms with Crippen LogP contribution < -0.4 is 19.1 Å². The summed E-state index contributed by atoms with van der Waals surface area (Å²) < 4.78 is 37.5. The van der Waals surface area contributed by atoms with E-state index < -0.39 is 10.0 Å². The van der Waals surface area contributed by atoms with E-state index in [1.54, 1.807) is 55.6 Å². The molecule has 156 valence electrons. The van der Waals surface area contributed by atoms with Crippen molar-refractivity contribution in [1.82, 2.24) is 0 Å². The Morgan fingerprint density at radius 3 is 2.27 bits per heavy atom. The zero-order chi connectivity index (χ0) is 21.7. The van der Waals surface area contributed by atoms with Gasteiger partial charge in [-0.15, -0.1) is 0 Å². The topological polar surface area (TPSA) is 84.9 Å². The van der Waals surface area contributed by atoms with Gasteiger partial charge in [0, 0.05) is 24.4 Å². The van der Waals surface area contributed by atoms with Gasteiger partial charge in [0.25, 0.3) is 15.9 Å². The van der Waals surface area contributed by atoms with E-state index in [9.17, 15) is 13.2 Å². The molecule has 3 rings (SSSR count). The molecule has 1 amide bonds. The number of benzene rings is 3. The average molecular weight is 426 g/mol. The third-order valence-corrected chi connectivity index (χ3v) is 6.31. The second kappa shape index (κ2) is 8.87. The summed E-state index contributed by atoms with van der Waals surface area (Å²) in [4.78, 5) is 12.5. The molecule has 0 aromatic heterocycles. The van der Waals surface area contributed by atoms with E-state index in [0.29, 0.717) is 28.4 Å². The van der Waals surface area contributed by atoms with Crippen molar-refractivity contribution in [3.8, 4) is 11.5 Å². The molecule has 0 spiro atoms. The first kappa shape index (κ1) is 21.2. The van der Waals surface area contributed by atoms with Crippen LogP contribution >= 0.6 is 0 Å². The van der Waals surface area contributed by atoms with Gasteiger partial charge in [-0.05, 0) is 48.5 Å². The average Bonchev–Trinajstić information content (AvgIpc) is 2.78. The van der Waals surface area contributed by atoms with Crippen molar-refractivity contribution in [2.45, 2.75) is 4.90 Å². The Morgan fingerprint density at radius 2 is 1.60 bits per heavy atom. The fourth-order valence-electron chi connectivity index (χ4n) is 2.86. The molecule has 0 heterocycles. The molecule has 30 heavy (non-hydrogen) atoms. The summed E-state index contributed by atoms with van der Waals surface area (Å²) >= 11 is 0. The van der Waals surface area contributed by atoms with E-state index in [2.05, 4.69) is 5.32 Å². The smallest absolute Gasteiger partial charge is 0.264 e. The maximum Gasteiger partial charge on any atom is 0.264 e. The first-order chi connectivity index (χ1) is 14.4. The van der Waals surface area contributed by atoms with Crippen LogP contribution in [0.25, 0.3) is 0 Å². The number of nitrogens with zero attached hydrogens (tertiary/aromatic N) is 1. The summed E-state index contributed by atoms with van der Waals surface area (Å²) in [5, 5.41) is 2.76. The van der Waals surface area contributed by atoms with Crippen LogP contribution in [0.3, 0.4) is 0 Å². The number of anilines is 2. The highest BCUT2D eigenvalue weighted by Crippen LogP contribution is 2.31. The number of carbonyl (C=O) groups is 1. The molecule has 0 aliphatic rings. The maximum atomic E-state index is 13.0. The lowest BCUT2D eigenvalue weighted by Crippen LogP contribution is -2.27. The maximum absolute atomic E-state index is 13.0. The third-order valence-electron chi connectivity index (χ3n) is 4.53. The first-order valence-corrected chi connectivity index (χ1v) is 10.5. The Labute approximate surface area is 175 Å². The van der Waals surface area contributed by atoms with Gasteiger partial charge in [0.1, 0.15) is 11.5 Å². The van der Waals surface area contributed by atoms with E-state index >= 15 is 0 Å². The van der Waals surface area contributed by atoms with Crippen molar-refractivity contribution in [1.29, 1.82) is 0 Å². The summed E-state index contributed by atoms with van der Waals surface area (Å²) in [6, 6.07) is 19.6. The standard InChI is InChI=1S/C22H22N2O5S/c1-24(20-9-4-5-10-21(20)29-3)30(26,27)19-13-11-16(12-14-19)22(25)23-17-7-6-8-18(15-17)28-2/h4-15H,1-3H3,(H,23,25). The summed E-state index contributed by atoms with van der Waals surface area (Å²) in [6.07, 6.45) is 0. The largest absolute Gasteiger partial charge is 0.497 e. The molecule has 7 nitrogen and oxygen atoms in total. The number of rotatable bonds is 7. The number of hydrogen-bond donors (Lipinski definition) is 1. The van der Waals surface area contributed by atoms with Gasteiger partial charge >= 0.3 is 0 Å². The zero-order valence-corrected chi connectivity index (χ0v) is 17.6. The van der Waals surface area contributed by atoms with E-state index in [1.165, 1.54) is 38.4 Å². The highest BCUT2D eigenvalue weighted by molar-refractivity contribution is 7.92. The van der Waals surface area contributed by atoms with E-state index in [0.717, 1.165) is 4.31 Å². The predicted octanol–water partition coefficient (Wildman–Crippen LogP) is 3.78. The molecule has 0 atom stereocenters. The molecule has 0 bridgehead atoms. The van der Waals surface area contributed by atoms with Gasteiger partial charge in [-0.25, -0.2) is 8.42 Å². The number of amides is 1. The van der Waals surface area contributed by atoms with Crippen LogP contribution in [0.1, 0.15) is 10.4 Å². The number of sulfonamides is 1. The zero-order valence-electron chi connectivity index (χ0n) is 16.8. The SMILES string of the molecule is COc1cccc(NC(=O)c2ccc(S(=O)(=O)N(C)c3ccccc3OC)cc2)c1. The quantitative estimate of drug-likeness (QED) is 0.621. The lowest BCUT2D eigenvalue weighted by Gasteiger charge is -2.21. The Kier molecular flexibility index (Phi) is 6.27. The van der Waals surface area contributed by atoms with Crippen LogP contribution in [0.15, 0.2) is 77.7 Å². The summed E-state index contributed by atoms with van der Waals surface area (Å²) in [5.74, 6) is 0.705. The molecule has 0 aliphatic heterocycles. The fourth-order valence-corrected chi connectivity index (χ4v) is 4.07. The van der Waals surface area contributed by atoms with Crippen LogP contribution in [0, 0.1) is 0 Å². The van der Waals surface area contributed by atoms with E-state index in [1.807, 2.05) is 0 Å². The molecule has 1 N–H and O–H groups in total. The van der Waals surface area contributed by atoms with Crippen LogP contribution in [0.4, 0.5) is 11.4 Å². The number of para-hydroxylation sites is 2. The van der Waals surface area contributed by atoms with Gasteiger partial charge in [0.2, 0.25) is 0 Å². The van der Waals surface area contributed by atoms with E-state index in [-0.39, 0.29) is 10.8 Å². The minimum Gasteiger partial charge on any atom is -0.497 e. The molecule has 3 aromatic carbocycles. The Morgan fingerprint density at radius 1 is 0.900 bits per heavy atom. The molecular weight excluding hydrogens is 404 g/mol. The molecule has 0 aliphatic carbocycles. The molecule has 0 radical (unpaired) electrons. The predicted molar refractivity (Wildman–Crippen MR) is 116 cm³/mol. The van der Waals surface area contributed by atoms with Crippen LogP contribution in [0.2, 0.25) is 0 Å². The molecular formula is C22H22N2O5S. The third kappa shape index (κ3) is 4.38. The number of nitrogens with one attached hydrogen (secondary N) is 1. The second-order valence-electron chi connectivity index (χ2n) is 6.35. The van der Waals surface area contributed by atoms with Crippen molar-refractivity contribution >= 4 is 27.3 Å². The number of ether oxygens (including phenoxy) is 2. The number of hydrogen-bond acceptors (Lipinski definition) is 5. The fraction of sp³-hybridized carbons (Fsp3) is 0.136. The van der Waals surface area contributed by atoms with Gasteiger partial charge in [-0.2, -0.15) is 0 Å². The lowest BCUT2D eigenvalue weighted by molar-refractivity contribution is 0.102. The highest BCUT2D eigenvalue weighted by atomic mass is 32.2. The molecule has 8 heteroatoms. The summed E-state index contributed by atoms with van der Waals surface area (Å²) in [7, 11) is 0.650. The number of methoxy groups -OCH3 is 2. The summed E-state index contributed by atoms with van der Waals surface area (Å²) in [6.45, 7) is 0. The van der Waals surface area contributed by atoms with Crippen molar-refractivity contribution in [3.05, 3.63) is 78.4 Å². The highest BCUT2D eigenvalue weighted by Gasteiger charge is 2.24. The van der Waals surface area contributed by atoms with Crippen LogP contribution in [-0.4, -0.2) is 35.6 Å². The monoisotopic (exact) mass is 426 g/mol. The summed E-state index contributed by atoms with van der Waals surface area (Å²) in [5.41, 5.74) is 1.32. The first-order valence-electron chi connectivity index (χ1n) is 9.04. The normalized spacial score (nSPS) is 10.9. The molecule has 3 aromatic rings. The van der Waals surface area contributed by atoms with Crippen molar-refractivity contribution < 1.29 is 22.7 Å². The van der Waals surface area contributed by atoms with Gasteiger partial charge in [-0.3, -0.25) is 9.10 Å². The second-order valence-corrected chi connectivity index (χ2v) is 8.32. The van der Waals surface area contributed by atoms with Crippen LogP contribution in [0.5, 0.6) is 11.5 Å². The lowest BCUT2D eigenvalue weighted by atomic mass is 10.2. The van der Waals surface area contributed by atoms with Crippen molar-refractivity contribution in [2.24, 2.45) is 0 Å². The molecule has 0 saturated carbocycles. The van der Waals surface area contributed by atoms with Crippen molar-refractivity contribution in [2.75, 3.05) is 30.9 Å². The van der Waals surface area contributed by atoms with E-state index in [4.69, 9.17) is 9.47 Å². The number of carbonyl (C=O) groups excluding carboxylic acids is 1. The Balaban J connectivity index is 1.81. The van der Waals surface area contributed by atoms with Gasteiger partial charge in [0.05, 0.1) is 24.8 Å². The minimum absolute atomic E-state index is 0.0637. The van der Waals surface area contributed by atoms with Gasteiger partial charge in [0.15, 0.2) is 0 Å². The molecule has 0 saturated heterocycles. The minimum atomic E-state index is -3.83. The molecule has 0 fully saturated rings. The Hall–Kier alpha value is -3.52. The van der Waals surface area contributed by atoms with Crippen LogP contribution in [-0.2, 0) is 10.0 Å². The van der Waals surface area contributed by atoms with Gasteiger partial charge in [-0.1, -0.05) is 18.2 Å². The molecule has 0 unspecified atom stereocenters. The van der Waals surface area contributed by atoms with Gasteiger partial charge < -0.3 is 14.8 Å². The van der Waals surface area contributed by atoms with Crippen molar-refractivity contribution in [3.63, 3.8) is 0 Å². The Bertz CT molecular complexity index is 1140.